The molecule has 0 aromatic heterocycles. The second-order valence-corrected chi connectivity index (χ2v) is 16.2. The van der Waals surface area contributed by atoms with Gasteiger partial charge in [0.05, 0.1) is 12.7 Å². The predicted molar refractivity (Wildman–Crippen MR) is 145 cm³/mol. The van der Waals surface area contributed by atoms with Gasteiger partial charge in [0.15, 0.2) is 6.29 Å². The van der Waals surface area contributed by atoms with Gasteiger partial charge in [-0.05, 0) is 68.0 Å². The summed E-state index contributed by atoms with van der Waals surface area (Å²) < 4.78 is 18.5. The van der Waals surface area contributed by atoms with Gasteiger partial charge in [0.25, 0.3) is 0 Å². The van der Waals surface area contributed by atoms with E-state index in [1.807, 2.05) is 0 Å². The minimum Gasteiger partial charge on any atom is -0.409 e. The Hall–Kier alpha value is -0.863. The zero-order valence-electron chi connectivity index (χ0n) is 22.9. The molecule has 0 amide bonds. The van der Waals surface area contributed by atoms with Crippen molar-refractivity contribution in [3.63, 3.8) is 0 Å². The largest absolute Gasteiger partial charge is 0.409 e. The van der Waals surface area contributed by atoms with Crippen LogP contribution in [0, 0.1) is 24.2 Å². The zero-order chi connectivity index (χ0) is 25.0. The molecule has 0 aromatic rings. The van der Waals surface area contributed by atoms with Crippen LogP contribution < -0.4 is 0 Å². The minimum atomic E-state index is -1.99. The number of terminal acetylenes is 1. The first-order valence-electron chi connectivity index (χ1n) is 13.3. The number of hydrogen-bond donors (Lipinski definition) is 0. The van der Waals surface area contributed by atoms with E-state index in [4.69, 9.17) is 20.3 Å². The van der Waals surface area contributed by atoms with Crippen LogP contribution in [0.4, 0.5) is 0 Å². The van der Waals surface area contributed by atoms with E-state index in [0.717, 1.165) is 45.3 Å². The van der Waals surface area contributed by atoms with Crippen molar-refractivity contribution in [2.24, 2.45) is 11.8 Å². The fourth-order valence-corrected chi connectivity index (χ4v) is 10.8. The van der Waals surface area contributed by atoms with Gasteiger partial charge in [0.2, 0.25) is 8.32 Å². The Balaban J connectivity index is 2.60. The lowest BCUT2D eigenvalue weighted by atomic mass is 9.95. The summed E-state index contributed by atoms with van der Waals surface area (Å²) in [5, 5.41) is 0. The maximum absolute atomic E-state index is 7.00. The first kappa shape index (κ1) is 30.2. The Labute approximate surface area is 206 Å². The molecule has 0 saturated carbocycles. The van der Waals surface area contributed by atoms with Gasteiger partial charge in [0, 0.05) is 12.5 Å². The predicted octanol–water partition coefficient (Wildman–Crippen LogP) is 8.28. The van der Waals surface area contributed by atoms with Crippen LogP contribution in [-0.4, -0.2) is 33.9 Å². The van der Waals surface area contributed by atoms with Gasteiger partial charge in [0.1, 0.15) is 0 Å². The average molecular weight is 477 g/mol. The third-order valence-electron chi connectivity index (χ3n) is 7.45. The summed E-state index contributed by atoms with van der Waals surface area (Å²) in [7, 11) is -1.99. The summed E-state index contributed by atoms with van der Waals surface area (Å²) in [6, 6.07) is 0. The van der Waals surface area contributed by atoms with Crippen molar-refractivity contribution < 1.29 is 13.9 Å². The normalized spacial score (nSPS) is 20.4. The fourth-order valence-electron chi connectivity index (χ4n) is 5.22. The molecule has 33 heavy (non-hydrogen) atoms. The second kappa shape index (κ2) is 15.2. The summed E-state index contributed by atoms with van der Waals surface area (Å²) in [6.07, 6.45) is 16.6. The lowest BCUT2D eigenvalue weighted by Gasteiger charge is -2.44. The van der Waals surface area contributed by atoms with Crippen LogP contribution in [0.15, 0.2) is 24.3 Å². The molecule has 1 aliphatic heterocycles. The standard InChI is InChI=1S/C29H52O3Si/c1-11-25(8)28(32-33(22(2)3,23(4)5)24(6)7)17-13-12-16-26(9)27(10)19-21-31-29-18-14-15-20-30-29/h1,13,17,22-25,27-29H,9,12,14-16,18-21H2,2-8,10H3/b17-13+/t25-,27-,28+,29?/m1/s1. The number of allylic oxidation sites excluding steroid dienone is 2. The van der Waals surface area contributed by atoms with E-state index in [1.165, 1.54) is 12.0 Å². The molecule has 0 spiro atoms. The van der Waals surface area contributed by atoms with Gasteiger partial charge in [-0.15, -0.1) is 12.3 Å². The molecule has 4 heteroatoms. The monoisotopic (exact) mass is 476 g/mol. The van der Waals surface area contributed by atoms with Crippen LogP contribution in [0.3, 0.4) is 0 Å². The van der Waals surface area contributed by atoms with Crippen molar-refractivity contribution in [2.45, 2.75) is 123 Å². The Bertz CT molecular complexity index is 603. The number of ether oxygens (including phenoxy) is 2. The molecular formula is C29H52O3Si. The van der Waals surface area contributed by atoms with Crippen LogP contribution in [-0.2, 0) is 13.9 Å². The van der Waals surface area contributed by atoms with Crippen molar-refractivity contribution in [1.29, 1.82) is 0 Å². The van der Waals surface area contributed by atoms with Gasteiger partial charge >= 0.3 is 0 Å². The van der Waals surface area contributed by atoms with E-state index in [0.29, 0.717) is 22.5 Å². The summed E-state index contributed by atoms with van der Waals surface area (Å²) in [6.45, 7) is 24.2. The summed E-state index contributed by atoms with van der Waals surface area (Å²) in [5.74, 6) is 3.43. The smallest absolute Gasteiger partial charge is 0.201 e. The van der Waals surface area contributed by atoms with E-state index in [2.05, 4.69) is 80.0 Å². The van der Waals surface area contributed by atoms with E-state index in [-0.39, 0.29) is 18.3 Å². The molecule has 4 atom stereocenters. The molecule has 0 aliphatic carbocycles. The van der Waals surface area contributed by atoms with Gasteiger partial charge in [-0.1, -0.05) is 72.8 Å². The topological polar surface area (TPSA) is 27.7 Å². The summed E-state index contributed by atoms with van der Waals surface area (Å²) in [4.78, 5) is 0. The quantitative estimate of drug-likeness (QED) is 0.135. The maximum atomic E-state index is 7.00. The van der Waals surface area contributed by atoms with Gasteiger partial charge in [-0.25, -0.2) is 0 Å². The third-order valence-corrected chi connectivity index (χ3v) is 13.5. The van der Waals surface area contributed by atoms with Crippen LogP contribution >= 0.6 is 0 Å². The first-order valence-corrected chi connectivity index (χ1v) is 15.4. The van der Waals surface area contributed by atoms with Crippen molar-refractivity contribution >= 4 is 8.32 Å². The number of hydrogen-bond acceptors (Lipinski definition) is 3. The number of rotatable bonds is 15. The van der Waals surface area contributed by atoms with Crippen LogP contribution in [0.5, 0.6) is 0 Å². The van der Waals surface area contributed by atoms with Crippen molar-refractivity contribution in [1.82, 2.24) is 0 Å². The molecule has 0 bridgehead atoms. The van der Waals surface area contributed by atoms with E-state index < -0.39 is 8.32 Å². The maximum Gasteiger partial charge on any atom is 0.201 e. The highest BCUT2D eigenvalue weighted by Gasteiger charge is 2.46. The molecule has 1 unspecified atom stereocenters. The summed E-state index contributed by atoms with van der Waals surface area (Å²) in [5.41, 5.74) is 2.91. The molecule has 1 saturated heterocycles. The SMILES string of the molecule is C#C[C@@H](C)[C@H](/C=C/CCC(=C)[C@H](C)CCOC1CCCCO1)O[Si](C(C)C)(C(C)C)C(C)C. The molecule has 1 aliphatic rings. The first-order chi connectivity index (χ1) is 15.6. The summed E-state index contributed by atoms with van der Waals surface area (Å²) >= 11 is 0. The fraction of sp³-hybridized carbons (Fsp3) is 0.793. The van der Waals surface area contributed by atoms with Crippen molar-refractivity contribution in [3.8, 4) is 12.3 Å². The molecule has 0 radical (unpaired) electrons. The highest BCUT2D eigenvalue weighted by atomic mass is 28.4. The molecule has 0 N–H and O–H groups in total. The Morgan fingerprint density at radius 2 is 1.73 bits per heavy atom. The van der Waals surface area contributed by atoms with E-state index in [1.54, 1.807) is 0 Å². The lowest BCUT2D eigenvalue weighted by molar-refractivity contribution is -0.163. The van der Waals surface area contributed by atoms with Gasteiger partial charge < -0.3 is 13.9 Å². The Morgan fingerprint density at radius 3 is 2.24 bits per heavy atom. The van der Waals surface area contributed by atoms with E-state index >= 15 is 0 Å². The molecule has 1 fully saturated rings. The molecule has 1 rings (SSSR count). The molecule has 190 valence electrons. The third kappa shape index (κ3) is 9.36. The lowest BCUT2D eigenvalue weighted by Crippen LogP contribution is -2.50. The Kier molecular flexibility index (Phi) is 13.9. The molecular weight excluding hydrogens is 424 g/mol. The van der Waals surface area contributed by atoms with Crippen LogP contribution in [0.2, 0.25) is 16.6 Å². The molecule has 1 heterocycles. The van der Waals surface area contributed by atoms with Crippen molar-refractivity contribution in [3.05, 3.63) is 24.3 Å². The van der Waals surface area contributed by atoms with E-state index in [9.17, 15) is 0 Å². The minimum absolute atomic E-state index is 0.00425. The van der Waals surface area contributed by atoms with Gasteiger partial charge in [-0.3, -0.25) is 0 Å². The van der Waals surface area contributed by atoms with Gasteiger partial charge in [-0.2, -0.15) is 0 Å². The van der Waals surface area contributed by atoms with Crippen LogP contribution in [0.1, 0.15) is 93.9 Å². The average Bonchev–Trinajstić information content (AvgIpc) is 2.77. The highest BCUT2D eigenvalue weighted by Crippen LogP contribution is 2.43. The second-order valence-electron chi connectivity index (χ2n) is 10.8. The molecule has 0 aromatic carbocycles. The Morgan fingerprint density at radius 1 is 1.09 bits per heavy atom. The van der Waals surface area contributed by atoms with Crippen LogP contribution in [0.25, 0.3) is 0 Å². The zero-order valence-corrected chi connectivity index (χ0v) is 23.9. The van der Waals surface area contributed by atoms with Crippen molar-refractivity contribution in [2.75, 3.05) is 13.2 Å². The highest BCUT2D eigenvalue weighted by molar-refractivity contribution is 6.77. The molecule has 3 nitrogen and oxygen atoms in total.